The van der Waals surface area contributed by atoms with Gasteiger partial charge in [-0.1, -0.05) is 198 Å². The number of benzene rings is 11. The molecule has 11 aromatic carbocycles. The molecule has 0 amide bonds. The van der Waals surface area contributed by atoms with E-state index in [9.17, 15) is 0 Å². The second kappa shape index (κ2) is 17.6. The standard InChI is InChI=1S/C39H30N2.C33H25NO/c1-39(2)35-14-8-6-12-31(35)33-25-29(21-22-36(33)39)40-28-19-16-26(17-20-28)27-18-23-38-34(24-27)32-13-7-9-15-37(32)41(38)30-10-4-3-5-11-30;1-33(2)27-13-5-3-10-26(27)31-28(33)14-8-15-29(31)34-22-19-17-21(18-20-22)23-11-7-12-25-24-9-4-6-16-30(24)35-32(23)25/h3-25,40H,1-2H3;3-20,34H,1-2H3. The number of aromatic nitrogens is 1. The van der Waals surface area contributed by atoms with Gasteiger partial charge in [-0.15, -0.1) is 0 Å². The molecule has 13 aromatic rings. The summed E-state index contributed by atoms with van der Waals surface area (Å²) in [4.78, 5) is 0. The Kier molecular flexibility index (Phi) is 10.5. The highest BCUT2D eigenvalue weighted by Crippen LogP contribution is 2.52. The maximum atomic E-state index is 6.25. The van der Waals surface area contributed by atoms with Gasteiger partial charge >= 0.3 is 0 Å². The summed E-state index contributed by atoms with van der Waals surface area (Å²) in [5.41, 5.74) is 25.5. The first-order valence-electron chi connectivity index (χ1n) is 26.4. The Labute approximate surface area is 443 Å². The molecule has 0 unspecified atom stereocenters. The average Bonchev–Trinajstić information content (AvgIpc) is 4.15. The van der Waals surface area contributed by atoms with Crippen LogP contribution in [-0.2, 0) is 10.8 Å². The molecule has 0 fully saturated rings. The fourth-order valence-electron chi connectivity index (χ4n) is 12.4. The summed E-state index contributed by atoms with van der Waals surface area (Å²) < 4.78 is 8.61. The molecule has 0 saturated heterocycles. The van der Waals surface area contributed by atoms with Crippen LogP contribution in [0.1, 0.15) is 49.9 Å². The van der Waals surface area contributed by atoms with Gasteiger partial charge in [-0.25, -0.2) is 0 Å². The van der Waals surface area contributed by atoms with Crippen LogP contribution in [0.5, 0.6) is 0 Å². The van der Waals surface area contributed by atoms with E-state index < -0.39 is 0 Å². The van der Waals surface area contributed by atoms with E-state index in [1.807, 2.05) is 12.1 Å². The van der Waals surface area contributed by atoms with Crippen LogP contribution in [0.25, 0.3) is 93.9 Å². The number of para-hydroxylation sites is 4. The Bertz CT molecular complexity index is 4380. The van der Waals surface area contributed by atoms with Crippen molar-refractivity contribution in [1.29, 1.82) is 0 Å². The largest absolute Gasteiger partial charge is 0.455 e. The SMILES string of the molecule is CC1(C)c2ccccc2-c2c(Nc3ccc(-c4cccc5c4oc4ccccc45)cc3)cccc21.CC1(C)c2ccccc2-c2cc(Nc3ccc(-c4ccc5c(c4)c4ccccc4n5-c4ccccc4)cc3)ccc21. The summed E-state index contributed by atoms with van der Waals surface area (Å²) in [7, 11) is 0. The highest BCUT2D eigenvalue weighted by atomic mass is 16.3. The van der Waals surface area contributed by atoms with Crippen molar-refractivity contribution in [3.63, 3.8) is 0 Å². The van der Waals surface area contributed by atoms with Crippen molar-refractivity contribution in [3.05, 3.63) is 271 Å². The molecule has 0 bridgehead atoms. The third-order valence-corrected chi connectivity index (χ3v) is 16.3. The van der Waals surface area contributed by atoms with Gasteiger partial charge in [-0.2, -0.15) is 0 Å². The maximum absolute atomic E-state index is 6.25. The van der Waals surface area contributed by atoms with Gasteiger partial charge in [-0.3, -0.25) is 0 Å². The molecule has 0 saturated carbocycles. The van der Waals surface area contributed by atoms with E-state index in [-0.39, 0.29) is 10.8 Å². The molecule has 76 heavy (non-hydrogen) atoms. The molecule has 2 N–H and O–H groups in total. The molecular weight excluding hydrogens is 923 g/mol. The minimum absolute atomic E-state index is 0.00125. The lowest BCUT2D eigenvalue weighted by Gasteiger charge is -2.21. The number of nitrogens with zero attached hydrogens (tertiary/aromatic N) is 1. The van der Waals surface area contributed by atoms with Crippen molar-refractivity contribution < 1.29 is 4.42 Å². The fraction of sp³-hybridized carbons (Fsp3) is 0.0833. The van der Waals surface area contributed by atoms with Gasteiger partial charge in [0.15, 0.2) is 0 Å². The number of nitrogens with one attached hydrogen (secondary N) is 2. The van der Waals surface area contributed by atoms with E-state index in [1.54, 1.807) is 0 Å². The van der Waals surface area contributed by atoms with Crippen LogP contribution in [0.3, 0.4) is 0 Å². The first-order valence-corrected chi connectivity index (χ1v) is 26.4. The normalized spacial score (nSPS) is 13.5. The number of rotatable bonds is 7. The zero-order valence-corrected chi connectivity index (χ0v) is 43.0. The third kappa shape index (κ3) is 7.35. The van der Waals surface area contributed by atoms with Gasteiger partial charge in [-0.05, 0) is 134 Å². The van der Waals surface area contributed by atoms with Gasteiger partial charge in [0.1, 0.15) is 11.2 Å². The molecule has 2 aliphatic rings. The molecule has 4 nitrogen and oxygen atoms in total. The minimum Gasteiger partial charge on any atom is -0.455 e. The van der Waals surface area contributed by atoms with Crippen molar-refractivity contribution in [2.45, 2.75) is 38.5 Å². The topological polar surface area (TPSA) is 42.1 Å². The Hall–Kier alpha value is -9.38. The number of anilines is 4. The lowest BCUT2D eigenvalue weighted by Crippen LogP contribution is -2.14. The predicted molar refractivity (Wildman–Crippen MR) is 320 cm³/mol. The molecule has 2 heterocycles. The summed E-state index contributed by atoms with van der Waals surface area (Å²) in [6, 6.07) is 89.1. The molecule has 2 aliphatic carbocycles. The van der Waals surface area contributed by atoms with Crippen LogP contribution in [0.2, 0.25) is 0 Å². The monoisotopic (exact) mass is 977 g/mol. The van der Waals surface area contributed by atoms with Crippen molar-refractivity contribution in [1.82, 2.24) is 4.57 Å². The second-order valence-corrected chi connectivity index (χ2v) is 21.4. The summed E-state index contributed by atoms with van der Waals surface area (Å²) >= 11 is 0. The number of fused-ring (bicyclic) bond motifs is 12. The molecule has 15 rings (SSSR count). The van der Waals surface area contributed by atoms with Gasteiger partial charge in [0.2, 0.25) is 0 Å². The lowest BCUT2D eigenvalue weighted by atomic mass is 9.82. The van der Waals surface area contributed by atoms with E-state index in [2.05, 4.69) is 279 Å². The van der Waals surface area contributed by atoms with Crippen LogP contribution >= 0.6 is 0 Å². The zero-order valence-electron chi connectivity index (χ0n) is 43.0. The lowest BCUT2D eigenvalue weighted by molar-refractivity contribution is 0.660. The summed E-state index contributed by atoms with van der Waals surface area (Å²) in [5, 5.41) is 12.2. The molecule has 364 valence electrons. The van der Waals surface area contributed by atoms with Crippen LogP contribution in [0.4, 0.5) is 22.7 Å². The van der Waals surface area contributed by atoms with E-state index in [0.717, 1.165) is 55.8 Å². The Morgan fingerprint density at radius 1 is 0.342 bits per heavy atom. The van der Waals surface area contributed by atoms with Crippen molar-refractivity contribution in [2.24, 2.45) is 0 Å². The summed E-state index contributed by atoms with van der Waals surface area (Å²) in [6.07, 6.45) is 0. The molecule has 4 heteroatoms. The highest BCUT2D eigenvalue weighted by molar-refractivity contribution is 6.11. The first kappa shape index (κ1) is 45.3. The summed E-state index contributed by atoms with van der Waals surface area (Å²) in [6.45, 7) is 9.27. The Balaban J connectivity index is 0.000000141. The number of hydrogen-bond donors (Lipinski definition) is 2. The molecule has 2 aromatic heterocycles. The maximum Gasteiger partial charge on any atom is 0.143 e. The van der Waals surface area contributed by atoms with Gasteiger partial charge < -0.3 is 19.6 Å². The van der Waals surface area contributed by atoms with E-state index >= 15 is 0 Å². The van der Waals surface area contributed by atoms with Crippen molar-refractivity contribution in [2.75, 3.05) is 10.6 Å². The zero-order chi connectivity index (χ0) is 51.1. The highest BCUT2D eigenvalue weighted by Gasteiger charge is 2.37. The van der Waals surface area contributed by atoms with Gasteiger partial charge in [0.05, 0.1) is 11.0 Å². The molecule has 0 aliphatic heterocycles. The van der Waals surface area contributed by atoms with E-state index in [0.29, 0.717) is 0 Å². The van der Waals surface area contributed by atoms with Crippen LogP contribution in [0.15, 0.2) is 253 Å². The number of furan rings is 1. The Morgan fingerprint density at radius 3 is 1.70 bits per heavy atom. The molecular formula is C72H55N3O. The van der Waals surface area contributed by atoms with Crippen molar-refractivity contribution >= 4 is 66.5 Å². The van der Waals surface area contributed by atoms with Crippen LogP contribution in [-0.4, -0.2) is 4.57 Å². The van der Waals surface area contributed by atoms with Crippen LogP contribution < -0.4 is 10.6 Å². The van der Waals surface area contributed by atoms with Crippen molar-refractivity contribution in [3.8, 4) is 50.2 Å². The van der Waals surface area contributed by atoms with Gasteiger partial charge in [0, 0.05) is 71.9 Å². The number of hydrogen-bond acceptors (Lipinski definition) is 3. The summed E-state index contributed by atoms with van der Waals surface area (Å²) in [5.74, 6) is 0. The Morgan fingerprint density at radius 2 is 0.895 bits per heavy atom. The fourth-order valence-corrected chi connectivity index (χ4v) is 12.4. The van der Waals surface area contributed by atoms with E-state index in [4.69, 9.17) is 4.42 Å². The molecule has 0 radical (unpaired) electrons. The smallest absolute Gasteiger partial charge is 0.143 e. The minimum atomic E-state index is -0.00125. The molecule has 0 spiro atoms. The van der Waals surface area contributed by atoms with Crippen LogP contribution in [0, 0.1) is 0 Å². The first-order chi connectivity index (χ1) is 37.2. The predicted octanol–water partition coefficient (Wildman–Crippen LogP) is 19.8. The quantitative estimate of drug-likeness (QED) is 0.167. The second-order valence-electron chi connectivity index (χ2n) is 21.4. The third-order valence-electron chi connectivity index (χ3n) is 16.3. The molecule has 0 atom stereocenters. The van der Waals surface area contributed by atoms with Gasteiger partial charge in [0.25, 0.3) is 0 Å². The van der Waals surface area contributed by atoms with E-state index in [1.165, 1.54) is 83.1 Å². The average molecular weight is 978 g/mol.